The third kappa shape index (κ3) is 3.41. The molecule has 3 N–H and O–H groups in total. The van der Waals surface area contributed by atoms with E-state index < -0.39 is 11.8 Å². The quantitative estimate of drug-likeness (QED) is 0.870. The van der Waals surface area contributed by atoms with E-state index >= 15 is 0 Å². The van der Waals surface area contributed by atoms with Crippen molar-refractivity contribution in [3.63, 3.8) is 0 Å². The number of ether oxygens (including phenoxy) is 1. The first-order valence-electron chi connectivity index (χ1n) is 6.18. The molecule has 0 aliphatic heterocycles. The SMILES string of the molecule is NCC1(C(=O)NCc2ccccc2OC(F)(F)F)CC1. The van der Waals surface area contributed by atoms with Crippen LogP contribution in [0.15, 0.2) is 24.3 Å². The van der Waals surface area contributed by atoms with E-state index in [-0.39, 0.29) is 30.3 Å². The number of para-hydroxylation sites is 1. The molecule has 1 aromatic carbocycles. The highest BCUT2D eigenvalue weighted by Crippen LogP contribution is 2.44. The Morgan fingerprint density at radius 2 is 2.00 bits per heavy atom. The average molecular weight is 288 g/mol. The van der Waals surface area contributed by atoms with Crippen LogP contribution in [0.3, 0.4) is 0 Å². The standard InChI is InChI=1S/C13H15F3N2O2/c14-13(15,16)20-10-4-2-1-3-9(10)7-18-11(19)12(8-17)5-6-12/h1-4H,5-8,17H2,(H,18,19). The van der Waals surface area contributed by atoms with E-state index in [1.807, 2.05) is 0 Å². The van der Waals surface area contributed by atoms with Gasteiger partial charge in [-0.3, -0.25) is 4.79 Å². The van der Waals surface area contributed by atoms with E-state index in [1.165, 1.54) is 18.2 Å². The molecule has 1 amide bonds. The maximum atomic E-state index is 12.2. The summed E-state index contributed by atoms with van der Waals surface area (Å²) in [7, 11) is 0. The van der Waals surface area contributed by atoms with E-state index in [0.29, 0.717) is 0 Å². The Kier molecular flexibility index (Phi) is 3.89. The van der Waals surface area contributed by atoms with Gasteiger partial charge in [0.15, 0.2) is 0 Å². The number of carbonyl (C=O) groups is 1. The third-order valence-electron chi connectivity index (χ3n) is 3.36. The third-order valence-corrected chi connectivity index (χ3v) is 3.36. The first kappa shape index (κ1) is 14.6. The minimum Gasteiger partial charge on any atom is -0.405 e. The Morgan fingerprint density at radius 3 is 2.55 bits per heavy atom. The molecule has 0 saturated heterocycles. The highest BCUT2D eigenvalue weighted by Gasteiger charge is 2.48. The molecular formula is C13H15F3N2O2. The lowest BCUT2D eigenvalue weighted by Gasteiger charge is -2.16. The van der Waals surface area contributed by atoms with Crippen LogP contribution in [0.25, 0.3) is 0 Å². The van der Waals surface area contributed by atoms with E-state index in [4.69, 9.17) is 5.73 Å². The predicted octanol–water partition coefficient (Wildman–Crippen LogP) is 1.94. The molecule has 0 spiro atoms. The van der Waals surface area contributed by atoms with Gasteiger partial charge in [0.05, 0.1) is 5.41 Å². The van der Waals surface area contributed by atoms with Crippen molar-refractivity contribution in [2.45, 2.75) is 25.7 Å². The Labute approximate surface area is 114 Å². The minimum atomic E-state index is -4.75. The second-order valence-electron chi connectivity index (χ2n) is 4.82. The second kappa shape index (κ2) is 5.32. The second-order valence-corrected chi connectivity index (χ2v) is 4.82. The number of hydrogen-bond acceptors (Lipinski definition) is 3. The molecule has 1 fully saturated rings. The number of benzene rings is 1. The van der Waals surface area contributed by atoms with Crippen LogP contribution in [0.4, 0.5) is 13.2 Å². The molecule has 20 heavy (non-hydrogen) atoms. The molecule has 7 heteroatoms. The van der Waals surface area contributed by atoms with Gasteiger partial charge in [-0.05, 0) is 18.9 Å². The van der Waals surface area contributed by atoms with E-state index in [9.17, 15) is 18.0 Å². The Hall–Kier alpha value is -1.76. The zero-order valence-corrected chi connectivity index (χ0v) is 10.7. The average Bonchev–Trinajstić information content (AvgIpc) is 3.16. The molecule has 0 unspecified atom stereocenters. The molecule has 1 aromatic rings. The van der Waals surface area contributed by atoms with Crippen LogP contribution in [-0.2, 0) is 11.3 Å². The van der Waals surface area contributed by atoms with Gasteiger partial charge in [-0.25, -0.2) is 0 Å². The number of amides is 1. The normalized spacial score (nSPS) is 16.6. The fourth-order valence-corrected chi connectivity index (χ4v) is 1.91. The number of halogens is 3. The topological polar surface area (TPSA) is 64.4 Å². The molecule has 0 heterocycles. The van der Waals surface area contributed by atoms with Crippen LogP contribution in [0, 0.1) is 5.41 Å². The summed E-state index contributed by atoms with van der Waals surface area (Å²) < 4.78 is 40.7. The molecule has 1 aliphatic carbocycles. The van der Waals surface area contributed by atoms with Crippen molar-refractivity contribution in [3.05, 3.63) is 29.8 Å². The van der Waals surface area contributed by atoms with Crippen molar-refractivity contribution in [1.29, 1.82) is 0 Å². The summed E-state index contributed by atoms with van der Waals surface area (Å²) in [4.78, 5) is 11.9. The van der Waals surface area contributed by atoms with Gasteiger partial charge in [-0.15, -0.1) is 13.2 Å². The zero-order valence-electron chi connectivity index (χ0n) is 10.7. The van der Waals surface area contributed by atoms with Crippen LogP contribution in [0.5, 0.6) is 5.75 Å². The number of alkyl halides is 3. The molecule has 0 aromatic heterocycles. The van der Waals surface area contributed by atoms with Crippen molar-refractivity contribution >= 4 is 5.91 Å². The van der Waals surface area contributed by atoms with E-state index in [1.54, 1.807) is 6.07 Å². The minimum absolute atomic E-state index is 0.0210. The smallest absolute Gasteiger partial charge is 0.405 e. The molecule has 4 nitrogen and oxygen atoms in total. The van der Waals surface area contributed by atoms with Gasteiger partial charge in [0.1, 0.15) is 5.75 Å². The van der Waals surface area contributed by atoms with Gasteiger partial charge in [0.25, 0.3) is 0 Å². The first-order chi connectivity index (χ1) is 9.36. The van der Waals surface area contributed by atoms with Gasteiger partial charge >= 0.3 is 6.36 Å². The van der Waals surface area contributed by atoms with Gasteiger partial charge < -0.3 is 15.8 Å². The number of nitrogens with two attached hydrogens (primary N) is 1. The summed E-state index contributed by atoms with van der Waals surface area (Å²) in [5.41, 5.74) is 5.26. The van der Waals surface area contributed by atoms with Gasteiger partial charge in [-0.2, -0.15) is 0 Å². The maximum Gasteiger partial charge on any atom is 0.573 e. The van der Waals surface area contributed by atoms with Crippen molar-refractivity contribution in [2.75, 3.05) is 6.54 Å². The Bertz CT molecular complexity index is 499. The monoisotopic (exact) mass is 288 g/mol. The summed E-state index contributed by atoms with van der Waals surface area (Å²) in [6.45, 7) is 0.229. The van der Waals surface area contributed by atoms with Gasteiger partial charge in [0, 0.05) is 18.7 Å². The lowest BCUT2D eigenvalue weighted by molar-refractivity contribution is -0.274. The molecule has 2 rings (SSSR count). The fraction of sp³-hybridized carbons (Fsp3) is 0.462. The highest BCUT2D eigenvalue weighted by atomic mass is 19.4. The summed E-state index contributed by atoms with van der Waals surface area (Å²) in [5, 5.41) is 2.61. The zero-order chi connectivity index (χ0) is 14.8. The Balaban J connectivity index is 2.01. The number of hydrogen-bond donors (Lipinski definition) is 2. The molecular weight excluding hydrogens is 273 g/mol. The summed E-state index contributed by atoms with van der Waals surface area (Å²) in [5.74, 6) is -0.528. The highest BCUT2D eigenvalue weighted by molar-refractivity contribution is 5.85. The van der Waals surface area contributed by atoms with Crippen molar-refractivity contribution in [3.8, 4) is 5.75 Å². The summed E-state index contributed by atoms with van der Waals surface area (Å²) >= 11 is 0. The largest absolute Gasteiger partial charge is 0.573 e. The van der Waals surface area contributed by atoms with Crippen LogP contribution in [0.1, 0.15) is 18.4 Å². The number of rotatable bonds is 5. The predicted molar refractivity (Wildman–Crippen MR) is 65.7 cm³/mol. The summed E-state index contributed by atoms with van der Waals surface area (Å²) in [6.07, 6.45) is -3.32. The van der Waals surface area contributed by atoms with E-state index in [2.05, 4.69) is 10.1 Å². The molecule has 0 atom stereocenters. The molecule has 0 radical (unpaired) electrons. The molecule has 110 valence electrons. The van der Waals surface area contributed by atoms with Crippen LogP contribution in [0.2, 0.25) is 0 Å². The first-order valence-corrected chi connectivity index (χ1v) is 6.18. The number of nitrogens with one attached hydrogen (secondary N) is 1. The molecule has 0 bridgehead atoms. The van der Waals surface area contributed by atoms with Crippen molar-refractivity contribution in [2.24, 2.45) is 11.1 Å². The van der Waals surface area contributed by atoms with Crippen LogP contribution >= 0.6 is 0 Å². The van der Waals surface area contributed by atoms with Crippen molar-refractivity contribution < 1.29 is 22.7 Å². The Morgan fingerprint density at radius 1 is 1.35 bits per heavy atom. The molecule has 1 saturated carbocycles. The van der Waals surface area contributed by atoms with Crippen LogP contribution in [-0.4, -0.2) is 18.8 Å². The lowest BCUT2D eigenvalue weighted by atomic mass is 10.1. The lowest BCUT2D eigenvalue weighted by Crippen LogP contribution is -2.36. The van der Waals surface area contributed by atoms with Crippen molar-refractivity contribution in [1.82, 2.24) is 5.32 Å². The summed E-state index contributed by atoms with van der Waals surface area (Å²) in [6, 6.07) is 5.71. The number of carbonyl (C=O) groups excluding carboxylic acids is 1. The van der Waals surface area contributed by atoms with Crippen LogP contribution < -0.4 is 15.8 Å². The molecule has 1 aliphatic rings. The van der Waals surface area contributed by atoms with Gasteiger partial charge in [0.2, 0.25) is 5.91 Å². The fourth-order valence-electron chi connectivity index (χ4n) is 1.91. The van der Waals surface area contributed by atoms with E-state index in [0.717, 1.165) is 12.8 Å². The van der Waals surface area contributed by atoms with Gasteiger partial charge in [-0.1, -0.05) is 18.2 Å². The maximum absolute atomic E-state index is 12.2.